The van der Waals surface area contributed by atoms with Gasteiger partial charge in [-0.1, -0.05) is 6.42 Å². The lowest BCUT2D eigenvalue weighted by Gasteiger charge is -2.27. The largest absolute Gasteiger partial charge is 0.400 e. The van der Waals surface area contributed by atoms with E-state index in [0.717, 1.165) is 38.9 Å². The van der Waals surface area contributed by atoms with E-state index in [1.807, 2.05) is 0 Å². The summed E-state index contributed by atoms with van der Waals surface area (Å²) >= 11 is 0. The van der Waals surface area contributed by atoms with Crippen LogP contribution < -0.4 is 0 Å². The topological polar surface area (TPSA) is 40.2 Å². The number of hydrogen-bond donors (Lipinski definition) is 0. The molecule has 22 heavy (non-hydrogen) atoms. The van der Waals surface area contributed by atoms with Gasteiger partial charge in [0.1, 0.15) is 0 Å². The van der Waals surface area contributed by atoms with Crippen molar-refractivity contribution < 1.29 is 18.3 Å². The molecular weight excluding hydrogens is 298 g/mol. The first-order valence-electron chi connectivity index (χ1n) is 8.83. The van der Waals surface area contributed by atoms with Crippen molar-refractivity contribution in [2.24, 2.45) is 0 Å². The van der Waals surface area contributed by atoms with Crippen LogP contribution in [0.5, 0.6) is 0 Å². The standard InChI is InChI=1S/C16H33NO4Si/c1-18-22(19-2)12-4-3-9-17(13-15-7-5-10-20-15)14-16-8-6-11-21-16/h15-16,22H,3-14H2,1-2H3. The second-order valence-electron chi connectivity index (χ2n) is 6.43. The lowest BCUT2D eigenvalue weighted by Crippen LogP contribution is -2.38. The van der Waals surface area contributed by atoms with E-state index in [1.165, 1.54) is 38.5 Å². The molecule has 2 heterocycles. The molecule has 0 N–H and O–H groups in total. The van der Waals surface area contributed by atoms with Crippen molar-refractivity contribution in [3.63, 3.8) is 0 Å². The van der Waals surface area contributed by atoms with Crippen LogP contribution in [0, 0.1) is 0 Å². The molecule has 0 bridgehead atoms. The fourth-order valence-electron chi connectivity index (χ4n) is 3.39. The van der Waals surface area contributed by atoms with E-state index in [-0.39, 0.29) is 0 Å². The first-order valence-corrected chi connectivity index (χ1v) is 10.6. The van der Waals surface area contributed by atoms with Gasteiger partial charge in [-0.05, 0) is 44.7 Å². The lowest BCUT2D eigenvalue weighted by molar-refractivity contribution is 0.0371. The molecule has 2 rings (SSSR count). The highest BCUT2D eigenvalue weighted by atomic mass is 28.3. The molecule has 0 aromatic carbocycles. The van der Waals surface area contributed by atoms with Crippen molar-refractivity contribution >= 4 is 9.28 Å². The lowest BCUT2D eigenvalue weighted by atomic mass is 10.2. The van der Waals surface area contributed by atoms with E-state index in [1.54, 1.807) is 14.2 Å². The highest BCUT2D eigenvalue weighted by Crippen LogP contribution is 2.18. The van der Waals surface area contributed by atoms with Gasteiger partial charge in [0.2, 0.25) is 0 Å². The Balaban J connectivity index is 1.68. The number of rotatable bonds is 11. The summed E-state index contributed by atoms with van der Waals surface area (Å²) in [4.78, 5) is 2.56. The van der Waals surface area contributed by atoms with Crippen LogP contribution in [0.25, 0.3) is 0 Å². The molecule has 130 valence electrons. The van der Waals surface area contributed by atoms with Gasteiger partial charge in [-0.3, -0.25) is 4.90 Å². The van der Waals surface area contributed by atoms with E-state index < -0.39 is 9.28 Å². The summed E-state index contributed by atoms with van der Waals surface area (Å²) < 4.78 is 22.4. The van der Waals surface area contributed by atoms with Crippen molar-refractivity contribution in [1.82, 2.24) is 4.90 Å². The van der Waals surface area contributed by atoms with Crippen LogP contribution in [0.15, 0.2) is 0 Å². The molecule has 0 aromatic heterocycles. The van der Waals surface area contributed by atoms with E-state index in [2.05, 4.69) is 4.90 Å². The molecule has 0 spiro atoms. The first-order chi connectivity index (χ1) is 10.8. The molecule has 5 nitrogen and oxygen atoms in total. The zero-order valence-electron chi connectivity index (χ0n) is 14.3. The average molecular weight is 332 g/mol. The van der Waals surface area contributed by atoms with E-state index in [9.17, 15) is 0 Å². The summed E-state index contributed by atoms with van der Waals surface area (Å²) in [7, 11) is 2.15. The second-order valence-corrected chi connectivity index (χ2v) is 8.81. The second kappa shape index (κ2) is 10.7. The molecule has 2 aliphatic heterocycles. The molecular formula is C16H33NO4Si. The summed E-state index contributed by atoms with van der Waals surface area (Å²) in [6.07, 6.45) is 8.11. The van der Waals surface area contributed by atoms with Gasteiger partial charge in [-0.15, -0.1) is 0 Å². The number of nitrogens with zero attached hydrogens (tertiary/aromatic N) is 1. The van der Waals surface area contributed by atoms with Gasteiger partial charge in [-0.2, -0.15) is 0 Å². The zero-order chi connectivity index (χ0) is 15.6. The van der Waals surface area contributed by atoms with Crippen molar-refractivity contribution in [2.75, 3.05) is 47.1 Å². The van der Waals surface area contributed by atoms with Crippen LogP contribution in [0.2, 0.25) is 6.04 Å². The third-order valence-electron chi connectivity index (χ3n) is 4.66. The summed E-state index contributed by atoms with van der Waals surface area (Å²) in [6, 6.07) is 1.10. The summed E-state index contributed by atoms with van der Waals surface area (Å²) in [5.41, 5.74) is 0. The van der Waals surface area contributed by atoms with Crippen LogP contribution >= 0.6 is 0 Å². The monoisotopic (exact) mass is 331 g/mol. The van der Waals surface area contributed by atoms with Crippen LogP contribution in [-0.2, 0) is 18.3 Å². The smallest absolute Gasteiger partial charge is 0.320 e. The van der Waals surface area contributed by atoms with E-state index >= 15 is 0 Å². The van der Waals surface area contributed by atoms with Gasteiger partial charge in [0.05, 0.1) is 12.2 Å². The Morgan fingerprint density at radius 3 is 2.00 bits per heavy atom. The van der Waals surface area contributed by atoms with E-state index in [0.29, 0.717) is 12.2 Å². The molecule has 0 aromatic rings. The Labute approximate surface area is 137 Å². The highest BCUT2D eigenvalue weighted by molar-refractivity contribution is 6.44. The number of ether oxygens (including phenoxy) is 2. The van der Waals surface area contributed by atoms with Crippen LogP contribution in [-0.4, -0.2) is 73.5 Å². The van der Waals surface area contributed by atoms with Gasteiger partial charge < -0.3 is 18.3 Å². The van der Waals surface area contributed by atoms with Gasteiger partial charge in [0, 0.05) is 40.5 Å². The van der Waals surface area contributed by atoms with Crippen molar-refractivity contribution in [3.8, 4) is 0 Å². The third kappa shape index (κ3) is 6.64. The zero-order valence-corrected chi connectivity index (χ0v) is 15.5. The molecule has 6 heteroatoms. The third-order valence-corrected chi connectivity index (χ3v) is 6.59. The van der Waals surface area contributed by atoms with Crippen molar-refractivity contribution in [2.45, 2.75) is 56.8 Å². The Kier molecular flexibility index (Phi) is 8.95. The quantitative estimate of drug-likeness (QED) is 0.427. The van der Waals surface area contributed by atoms with Gasteiger partial charge in [0.15, 0.2) is 0 Å². The van der Waals surface area contributed by atoms with Crippen LogP contribution in [0.4, 0.5) is 0 Å². The van der Waals surface area contributed by atoms with Crippen LogP contribution in [0.1, 0.15) is 38.5 Å². The van der Waals surface area contributed by atoms with Gasteiger partial charge >= 0.3 is 9.28 Å². The number of unbranched alkanes of at least 4 members (excludes halogenated alkanes) is 1. The molecule has 2 unspecified atom stereocenters. The Morgan fingerprint density at radius 2 is 1.55 bits per heavy atom. The normalized spacial score (nSPS) is 25.6. The summed E-state index contributed by atoms with van der Waals surface area (Å²) in [5.74, 6) is 0. The van der Waals surface area contributed by atoms with Crippen molar-refractivity contribution in [3.05, 3.63) is 0 Å². The predicted molar refractivity (Wildman–Crippen MR) is 89.6 cm³/mol. The Hall–Kier alpha value is 0.0169. The summed E-state index contributed by atoms with van der Waals surface area (Å²) in [6.45, 7) is 5.14. The molecule has 2 saturated heterocycles. The maximum atomic E-state index is 5.81. The number of hydrogen-bond acceptors (Lipinski definition) is 5. The minimum absolute atomic E-state index is 0.432. The fraction of sp³-hybridized carbons (Fsp3) is 1.00. The average Bonchev–Trinajstić information content (AvgIpc) is 3.21. The van der Waals surface area contributed by atoms with Crippen molar-refractivity contribution in [1.29, 1.82) is 0 Å². The minimum atomic E-state index is -1.38. The minimum Gasteiger partial charge on any atom is -0.400 e. The Morgan fingerprint density at radius 1 is 0.955 bits per heavy atom. The maximum Gasteiger partial charge on any atom is 0.320 e. The molecule has 0 amide bonds. The van der Waals surface area contributed by atoms with E-state index in [4.69, 9.17) is 18.3 Å². The molecule has 0 aliphatic carbocycles. The first kappa shape index (κ1) is 18.4. The fourth-order valence-corrected chi connectivity index (χ4v) is 4.67. The highest BCUT2D eigenvalue weighted by Gasteiger charge is 2.23. The van der Waals surface area contributed by atoms with Gasteiger partial charge in [-0.25, -0.2) is 0 Å². The molecule has 2 atom stereocenters. The maximum absolute atomic E-state index is 5.81. The molecule has 0 radical (unpaired) electrons. The molecule has 2 fully saturated rings. The molecule has 2 aliphatic rings. The van der Waals surface area contributed by atoms with Crippen LogP contribution in [0.3, 0.4) is 0 Å². The Bertz CT molecular complexity index is 261. The summed E-state index contributed by atoms with van der Waals surface area (Å²) in [5, 5.41) is 0. The van der Waals surface area contributed by atoms with Gasteiger partial charge in [0.25, 0.3) is 0 Å². The predicted octanol–water partition coefficient (Wildman–Crippen LogP) is 1.94. The molecule has 0 saturated carbocycles. The SMILES string of the molecule is CO[SiH](CCCCN(CC1CCCO1)CC1CCCO1)OC.